The summed E-state index contributed by atoms with van der Waals surface area (Å²) in [6.07, 6.45) is 3.81. The molecule has 0 atom stereocenters. The van der Waals surface area contributed by atoms with Crippen LogP contribution in [0.1, 0.15) is 46.9 Å². The van der Waals surface area contributed by atoms with E-state index in [1.165, 1.54) is 24.8 Å². The van der Waals surface area contributed by atoms with Gasteiger partial charge in [-0.3, -0.25) is 9.69 Å². The molecule has 0 amide bonds. The van der Waals surface area contributed by atoms with Crippen molar-refractivity contribution in [2.45, 2.75) is 57.1 Å². The van der Waals surface area contributed by atoms with Crippen LogP contribution in [0.5, 0.6) is 0 Å². The number of aromatic nitrogens is 5. The molecule has 1 aliphatic heterocycles. The second kappa shape index (κ2) is 9.79. The van der Waals surface area contributed by atoms with Crippen LogP contribution in [0, 0.1) is 13.8 Å². The maximum atomic E-state index is 12.6. The minimum Gasteiger partial charge on any atom is -0.309 e. The molecule has 0 spiro atoms. The number of nitrogens with zero attached hydrogens (tertiary/aromatic N) is 5. The number of benzene rings is 1. The number of fused-ring (bicyclic) bond motifs is 1. The van der Waals surface area contributed by atoms with E-state index in [9.17, 15) is 4.79 Å². The molecule has 4 heterocycles. The zero-order valence-electron chi connectivity index (χ0n) is 19.0. The number of aromatic amines is 1. The smallest absolute Gasteiger partial charge is 0.259 e. The van der Waals surface area contributed by atoms with Gasteiger partial charge in [-0.05, 0) is 50.9 Å². The maximum Gasteiger partial charge on any atom is 0.259 e. The molecule has 1 aromatic carbocycles. The fraction of sp³-hybridized carbons (Fsp3) is 0.417. The molecule has 0 unspecified atom stereocenters. The van der Waals surface area contributed by atoms with E-state index in [1.54, 1.807) is 23.1 Å². The van der Waals surface area contributed by atoms with Gasteiger partial charge in [0.1, 0.15) is 16.5 Å². The quantitative estimate of drug-likeness (QED) is 0.392. The van der Waals surface area contributed by atoms with Crippen molar-refractivity contribution in [3.8, 4) is 0 Å². The van der Waals surface area contributed by atoms with Crippen molar-refractivity contribution in [3.05, 3.63) is 68.3 Å². The number of likely N-dealkylation sites (tertiary alicyclic amines) is 1. The van der Waals surface area contributed by atoms with Gasteiger partial charge in [-0.1, -0.05) is 48.5 Å². The Bertz CT molecular complexity index is 1300. The van der Waals surface area contributed by atoms with Crippen LogP contribution in [0.15, 0.2) is 40.3 Å². The Morgan fingerprint density at radius 3 is 2.64 bits per heavy atom. The molecule has 3 aromatic heterocycles. The summed E-state index contributed by atoms with van der Waals surface area (Å²) < 4.78 is 2.21. The molecular formula is C24H28N6OS2. The summed E-state index contributed by atoms with van der Waals surface area (Å²) in [5.74, 6) is 2.20. The molecule has 4 aromatic rings. The van der Waals surface area contributed by atoms with Crippen molar-refractivity contribution in [3.63, 3.8) is 0 Å². The van der Waals surface area contributed by atoms with Crippen LogP contribution in [-0.4, -0.2) is 42.7 Å². The van der Waals surface area contributed by atoms with Gasteiger partial charge in [0.25, 0.3) is 5.56 Å². The van der Waals surface area contributed by atoms with E-state index in [1.807, 2.05) is 19.9 Å². The summed E-state index contributed by atoms with van der Waals surface area (Å²) in [5, 5.41) is 10.7. The number of rotatable bonds is 7. The topological polar surface area (TPSA) is 79.7 Å². The van der Waals surface area contributed by atoms with Crippen molar-refractivity contribution in [2.75, 3.05) is 13.1 Å². The predicted octanol–water partition coefficient (Wildman–Crippen LogP) is 4.52. The highest BCUT2D eigenvalue weighted by molar-refractivity contribution is 7.98. The maximum absolute atomic E-state index is 12.6. The Morgan fingerprint density at radius 1 is 1.06 bits per heavy atom. The van der Waals surface area contributed by atoms with E-state index in [4.69, 9.17) is 4.98 Å². The van der Waals surface area contributed by atoms with Gasteiger partial charge in [-0.15, -0.1) is 21.5 Å². The molecule has 0 bridgehead atoms. The lowest BCUT2D eigenvalue weighted by atomic mass is 10.1. The molecule has 172 valence electrons. The van der Waals surface area contributed by atoms with Gasteiger partial charge < -0.3 is 9.55 Å². The highest BCUT2D eigenvalue weighted by atomic mass is 32.2. The Kier molecular flexibility index (Phi) is 6.62. The highest BCUT2D eigenvalue weighted by Gasteiger charge is 2.19. The number of nitrogens with one attached hydrogen (secondary N) is 1. The zero-order chi connectivity index (χ0) is 22.8. The van der Waals surface area contributed by atoms with Crippen molar-refractivity contribution in [1.82, 2.24) is 29.6 Å². The molecule has 0 saturated carbocycles. The molecular weight excluding hydrogens is 452 g/mol. The third kappa shape index (κ3) is 4.90. The zero-order valence-corrected chi connectivity index (χ0v) is 20.6. The van der Waals surface area contributed by atoms with E-state index in [2.05, 4.69) is 48.9 Å². The first-order valence-electron chi connectivity index (χ1n) is 11.4. The van der Waals surface area contributed by atoms with Crippen LogP contribution in [0.2, 0.25) is 0 Å². The van der Waals surface area contributed by atoms with Crippen LogP contribution in [0.25, 0.3) is 10.2 Å². The van der Waals surface area contributed by atoms with Crippen molar-refractivity contribution in [1.29, 1.82) is 0 Å². The standard InChI is InChI=1S/C24H28N6OS2/c1-16-17(2)33-23-21(16)22(31)25-19(26-23)15-32-24-28-27-20(14-29-11-7-4-8-12-29)30(24)13-18-9-5-3-6-10-18/h3,5-6,9-10H,4,7-8,11-15H2,1-2H3,(H,25,26,31). The average Bonchev–Trinajstić information content (AvgIpc) is 3.33. The fourth-order valence-corrected chi connectivity index (χ4v) is 6.16. The minimum absolute atomic E-state index is 0.0611. The second-order valence-electron chi connectivity index (χ2n) is 8.57. The van der Waals surface area contributed by atoms with Gasteiger partial charge in [0.05, 0.1) is 24.2 Å². The number of hydrogen-bond donors (Lipinski definition) is 1. The molecule has 1 aliphatic rings. The normalized spacial score (nSPS) is 14.8. The van der Waals surface area contributed by atoms with Gasteiger partial charge in [0.15, 0.2) is 5.16 Å². The number of thioether (sulfide) groups is 1. The van der Waals surface area contributed by atoms with E-state index >= 15 is 0 Å². The SMILES string of the molecule is Cc1sc2nc(CSc3nnc(CN4CCCCC4)n3Cc3ccccc3)[nH]c(=O)c2c1C. The summed E-state index contributed by atoms with van der Waals surface area (Å²) in [6.45, 7) is 7.79. The van der Waals surface area contributed by atoms with Crippen molar-refractivity contribution in [2.24, 2.45) is 0 Å². The fourth-order valence-electron chi connectivity index (χ4n) is 4.29. The average molecular weight is 481 g/mol. The first-order valence-corrected chi connectivity index (χ1v) is 13.2. The lowest BCUT2D eigenvalue weighted by Gasteiger charge is -2.26. The summed E-state index contributed by atoms with van der Waals surface area (Å²) in [5.41, 5.74) is 2.18. The Balaban J connectivity index is 1.40. The van der Waals surface area contributed by atoms with Crippen LogP contribution >= 0.6 is 23.1 Å². The second-order valence-corrected chi connectivity index (χ2v) is 10.7. The number of hydrogen-bond acceptors (Lipinski definition) is 7. The molecule has 0 aliphatic carbocycles. The lowest BCUT2D eigenvalue weighted by Crippen LogP contribution is -2.30. The summed E-state index contributed by atoms with van der Waals surface area (Å²) in [6, 6.07) is 10.4. The van der Waals surface area contributed by atoms with E-state index < -0.39 is 0 Å². The van der Waals surface area contributed by atoms with Crippen molar-refractivity contribution >= 4 is 33.3 Å². The van der Waals surface area contributed by atoms with Crippen LogP contribution < -0.4 is 5.56 Å². The van der Waals surface area contributed by atoms with Gasteiger partial charge in [0.2, 0.25) is 0 Å². The minimum atomic E-state index is -0.0611. The van der Waals surface area contributed by atoms with Crippen LogP contribution in [0.4, 0.5) is 0 Å². The monoisotopic (exact) mass is 480 g/mol. The molecule has 1 saturated heterocycles. The predicted molar refractivity (Wildman–Crippen MR) is 134 cm³/mol. The van der Waals surface area contributed by atoms with Crippen LogP contribution in [-0.2, 0) is 18.8 Å². The molecule has 5 rings (SSSR count). The Labute approximate surface area is 201 Å². The van der Waals surface area contributed by atoms with E-state index in [0.717, 1.165) is 52.4 Å². The van der Waals surface area contributed by atoms with Crippen molar-refractivity contribution < 1.29 is 0 Å². The molecule has 1 fully saturated rings. The number of aryl methyl sites for hydroxylation is 2. The molecule has 9 heteroatoms. The largest absolute Gasteiger partial charge is 0.309 e. The van der Waals surface area contributed by atoms with E-state index in [-0.39, 0.29) is 5.56 Å². The van der Waals surface area contributed by atoms with Gasteiger partial charge in [-0.2, -0.15) is 0 Å². The third-order valence-electron chi connectivity index (χ3n) is 6.22. The van der Waals surface area contributed by atoms with Gasteiger partial charge in [0, 0.05) is 4.88 Å². The summed E-state index contributed by atoms with van der Waals surface area (Å²) in [4.78, 5) is 24.7. The summed E-state index contributed by atoms with van der Waals surface area (Å²) in [7, 11) is 0. The first kappa shape index (κ1) is 22.3. The third-order valence-corrected chi connectivity index (χ3v) is 8.30. The molecule has 0 radical (unpaired) electrons. The lowest BCUT2D eigenvalue weighted by molar-refractivity contribution is 0.213. The highest BCUT2D eigenvalue weighted by Crippen LogP contribution is 2.27. The van der Waals surface area contributed by atoms with Gasteiger partial charge >= 0.3 is 0 Å². The molecule has 7 nitrogen and oxygen atoms in total. The van der Waals surface area contributed by atoms with Crippen LogP contribution in [0.3, 0.4) is 0 Å². The van der Waals surface area contributed by atoms with Gasteiger partial charge in [-0.25, -0.2) is 4.98 Å². The number of piperidine rings is 1. The molecule has 1 N–H and O–H groups in total. The number of H-pyrrole nitrogens is 1. The molecule has 33 heavy (non-hydrogen) atoms. The Hall–Kier alpha value is -2.49. The summed E-state index contributed by atoms with van der Waals surface area (Å²) >= 11 is 3.15. The Morgan fingerprint density at radius 2 is 1.85 bits per heavy atom. The first-order chi connectivity index (χ1) is 16.1. The van der Waals surface area contributed by atoms with E-state index in [0.29, 0.717) is 17.0 Å². The number of thiophene rings is 1.